The highest BCUT2D eigenvalue weighted by molar-refractivity contribution is 7.15. The Balaban J connectivity index is 2.09. The van der Waals surface area contributed by atoms with Gasteiger partial charge in [-0.2, -0.15) is 0 Å². The van der Waals surface area contributed by atoms with Crippen molar-refractivity contribution in [1.82, 2.24) is 14.5 Å². The van der Waals surface area contributed by atoms with Crippen molar-refractivity contribution in [2.45, 2.75) is 6.54 Å². The van der Waals surface area contributed by atoms with E-state index in [4.69, 9.17) is 23.2 Å². The summed E-state index contributed by atoms with van der Waals surface area (Å²) in [6, 6.07) is 5.07. The number of benzene rings is 1. The van der Waals surface area contributed by atoms with Crippen molar-refractivity contribution in [3.05, 3.63) is 55.4 Å². The number of halogens is 2. The molecular weight excluding hydrogens is 305 g/mol. The molecular formula is C12H7Cl2N3OS. The fourth-order valence-electron chi connectivity index (χ4n) is 1.77. The van der Waals surface area contributed by atoms with Gasteiger partial charge in [-0.05, 0) is 18.2 Å². The summed E-state index contributed by atoms with van der Waals surface area (Å²) in [5, 5.41) is 1.02. The van der Waals surface area contributed by atoms with Crippen molar-refractivity contribution < 1.29 is 0 Å². The topological polar surface area (TPSA) is 47.8 Å². The minimum absolute atomic E-state index is 0.128. The Bertz CT molecular complexity index is 812. The second-order valence-corrected chi connectivity index (χ2v) is 6.05. The van der Waals surface area contributed by atoms with Crippen molar-refractivity contribution in [1.29, 1.82) is 0 Å². The van der Waals surface area contributed by atoms with E-state index in [1.807, 2.05) is 0 Å². The van der Waals surface area contributed by atoms with Gasteiger partial charge in [0.2, 0.25) is 0 Å². The van der Waals surface area contributed by atoms with Gasteiger partial charge in [-0.15, -0.1) is 11.3 Å². The van der Waals surface area contributed by atoms with Gasteiger partial charge in [0.05, 0.1) is 23.8 Å². The van der Waals surface area contributed by atoms with E-state index in [-0.39, 0.29) is 5.56 Å². The Morgan fingerprint density at radius 2 is 2.11 bits per heavy atom. The molecule has 7 heteroatoms. The van der Waals surface area contributed by atoms with Crippen LogP contribution in [0.3, 0.4) is 0 Å². The number of nitrogens with zero attached hydrogens (tertiary/aromatic N) is 3. The third kappa shape index (κ3) is 2.49. The van der Waals surface area contributed by atoms with E-state index in [2.05, 4.69) is 9.97 Å². The highest BCUT2D eigenvalue weighted by atomic mass is 35.5. The first kappa shape index (κ1) is 12.6. The zero-order chi connectivity index (χ0) is 13.4. The first-order valence-electron chi connectivity index (χ1n) is 5.38. The second-order valence-electron chi connectivity index (χ2n) is 3.92. The van der Waals surface area contributed by atoms with Gasteiger partial charge in [0.15, 0.2) is 4.47 Å². The lowest BCUT2D eigenvalue weighted by atomic mass is 10.2. The van der Waals surface area contributed by atoms with E-state index >= 15 is 0 Å². The van der Waals surface area contributed by atoms with Crippen LogP contribution in [0.25, 0.3) is 10.9 Å². The predicted molar refractivity (Wildman–Crippen MR) is 77.2 cm³/mol. The molecule has 0 amide bonds. The molecule has 0 unspecified atom stereocenters. The molecule has 0 N–H and O–H groups in total. The van der Waals surface area contributed by atoms with E-state index < -0.39 is 0 Å². The molecule has 3 aromatic rings. The van der Waals surface area contributed by atoms with Crippen molar-refractivity contribution in [2.75, 3.05) is 0 Å². The van der Waals surface area contributed by atoms with Gasteiger partial charge in [-0.1, -0.05) is 23.2 Å². The molecule has 0 radical (unpaired) electrons. The molecule has 0 spiro atoms. The van der Waals surface area contributed by atoms with Gasteiger partial charge >= 0.3 is 0 Å². The van der Waals surface area contributed by atoms with Gasteiger partial charge in [0, 0.05) is 16.1 Å². The zero-order valence-corrected chi connectivity index (χ0v) is 11.8. The zero-order valence-electron chi connectivity index (χ0n) is 9.51. The average Bonchev–Trinajstić information content (AvgIpc) is 2.79. The molecule has 0 fully saturated rings. The minimum atomic E-state index is -0.128. The summed E-state index contributed by atoms with van der Waals surface area (Å²) in [6.45, 7) is 0.401. The maximum atomic E-state index is 12.3. The molecule has 96 valence electrons. The molecule has 0 aliphatic heterocycles. The van der Waals surface area contributed by atoms with Crippen molar-refractivity contribution in [3.63, 3.8) is 0 Å². The molecule has 2 heterocycles. The average molecular weight is 312 g/mol. The van der Waals surface area contributed by atoms with Crippen LogP contribution >= 0.6 is 34.5 Å². The molecule has 0 atom stereocenters. The molecule has 4 nitrogen and oxygen atoms in total. The predicted octanol–water partition coefficient (Wildman–Crippen LogP) is 3.21. The van der Waals surface area contributed by atoms with Gasteiger partial charge < -0.3 is 0 Å². The summed E-state index contributed by atoms with van der Waals surface area (Å²) in [5.41, 5.74) is 0.505. The van der Waals surface area contributed by atoms with E-state index in [0.29, 0.717) is 26.9 Å². The lowest BCUT2D eigenvalue weighted by molar-refractivity contribution is 0.757. The van der Waals surface area contributed by atoms with Crippen molar-refractivity contribution >= 4 is 45.4 Å². The Labute approximate surface area is 122 Å². The molecule has 0 aliphatic rings. The first-order valence-corrected chi connectivity index (χ1v) is 6.95. The highest BCUT2D eigenvalue weighted by Crippen LogP contribution is 2.19. The highest BCUT2D eigenvalue weighted by Gasteiger charge is 2.07. The van der Waals surface area contributed by atoms with Gasteiger partial charge in [-0.3, -0.25) is 9.36 Å². The van der Waals surface area contributed by atoms with Crippen LogP contribution < -0.4 is 5.56 Å². The standard InChI is InChI=1S/C12H7Cl2N3OS/c13-7-1-2-10-9(3-7)11(18)17(6-16-10)5-8-4-15-12(14)19-8/h1-4,6H,5H2. The number of hydrogen-bond acceptors (Lipinski definition) is 4. The fraction of sp³-hybridized carbons (Fsp3) is 0.0833. The Morgan fingerprint density at radius 3 is 2.84 bits per heavy atom. The smallest absolute Gasteiger partial charge is 0.261 e. The first-order chi connectivity index (χ1) is 9.13. The van der Waals surface area contributed by atoms with E-state index in [9.17, 15) is 4.79 Å². The summed E-state index contributed by atoms with van der Waals surface area (Å²) in [4.78, 5) is 21.4. The molecule has 1 aromatic carbocycles. The SMILES string of the molecule is O=c1c2cc(Cl)ccc2ncn1Cc1cnc(Cl)s1. The quantitative estimate of drug-likeness (QED) is 0.730. The Hall–Kier alpha value is -1.43. The third-order valence-corrected chi connectivity index (χ3v) is 3.97. The third-order valence-electron chi connectivity index (χ3n) is 2.64. The summed E-state index contributed by atoms with van der Waals surface area (Å²) in [7, 11) is 0. The maximum Gasteiger partial charge on any atom is 0.261 e. The number of thiazole rings is 1. The Kier molecular flexibility index (Phi) is 3.26. The van der Waals surface area contributed by atoms with Gasteiger partial charge in [-0.25, -0.2) is 9.97 Å². The van der Waals surface area contributed by atoms with Crippen LogP contribution in [0.5, 0.6) is 0 Å². The second kappa shape index (κ2) is 4.92. The molecule has 0 saturated heterocycles. The summed E-state index contributed by atoms with van der Waals surface area (Å²) < 4.78 is 1.97. The monoisotopic (exact) mass is 311 g/mol. The number of fused-ring (bicyclic) bond motifs is 1. The van der Waals surface area contributed by atoms with Gasteiger partial charge in [0.25, 0.3) is 5.56 Å². The van der Waals surface area contributed by atoms with Crippen LogP contribution in [0.15, 0.2) is 35.5 Å². The summed E-state index contributed by atoms with van der Waals surface area (Å²) in [6.07, 6.45) is 3.17. The van der Waals surface area contributed by atoms with Crippen molar-refractivity contribution in [3.8, 4) is 0 Å². The molecule has 2 aromatic heterocycles. The number of hydrogen-bond donors (Lipinski definition) is 0. The maximum absolute atomic E-state index is 12.3. The lowest BCUT2D eigenvalue weighted by Gasteiger charge is -2.04. The van der Waals surface area contributed by atoms with E-state index in [0.717, 1.165) is 4.88 Å². The molecule has 19 heavy (non-hydrogen) atoms. The van der Waals surface area contributed by atoms with Crippen LogP contribution in [0.2, 0.25) is 9.49 Å². The van der Waals surface area contributed by atoms with Crippen LogP contribution in [0.4, 0.5) is 0 Å². The van der Waals surface area contributed by atoms with E-state index in [1.54, 1.807) is 24.4 Å². The van der Waals surface area contributed by atoms with Crippen LogP contribution in [0, 0.1) is 0 Å². The molecule has 0 saturated carbocycles. The normalized spacial score (nSPS) is 11.1. The number of rotatable bonds is 2. The minimum Gasteiger partial charge on any atom is -0.293 e. The van der Waals surface area contributed by atoms with Crippen molar-refractivity contribution in [2.24, 2.45) is 0 Å². The largest absolute Gasteiger partial charge is 0.293 e. The lowest BCUT2D eigenvalue weighted by Crippen LogP contribution is -2.20. The summed E-state index contributed by atoms with van der Waals surface area (Å²) in [5.74, 6) is 0. The summed E-state index contributed by atoms with van der Waals surface area (Å²) >= 11 is 13.0. The van der Waals surface area contributed by atoms with Crippen LogP contribution in [-0.4, -0.2) is 14.5 Å². The van der Waals surface area contributed by atoms with E-state index in [1.165, 1.54) is 22.2 Å². The number of aromatic nitrogens is 3. The van der Waals surface area contributed by atoms with Crippen LogP contribution in [-0.2, 0) is 6.54 Å². The van der Waals surface area contributed by atoms with Crippen LogP contribution in [0.1, 0.15) is 4.88 Å². The van der Waals surface area contributed by atoms with Gasteiger partial charge in [0.1, 0.15) is 0 Å². The fourth-order valence-corrected chi connectivity index (χ4v) is 2.92. The molecule has 0 aliphatic carbocycles. The Morgan fingerprint density at radius 1 is 1.26 bits per heavy atom. The molecule has 3 rings (SSSR count). The molecule has 0 bridgehead atoms.